The number of nitriles is 2. The average molecular weight is 480 g/mol. The van der Waals surface area contributed by atoms with Gasteiger partial charge in [-0.1, -0.05) is 60.7 Å². The van der Waals surface area contributed by atoms with E-state index in [-0.39, 0.29) is 17.5 Å². The number of nitrogens with zero attached hydrogens (tertiary/aromatic N) is 4. The van der Waals surface area contributed by atoms with Gasteiger partial charge in [0.15, 0.2) is 0 Å². The van der Waals surface area contributed by atoms with Crippen LogP contribution in [0.4, 0.5) is 5.69 Å². The highest BCUT2D eigenvalue weighted by Gasteiger charge is 2.29. The molecule has 0 aromatic heterocycles. The van der Waals surface area contributed by atoms with Crippen LogP contribution in [-0.2, 0) is 4.79 Å². The average Bonchev–Trinajstić information content (AvgIpc) is 2.92. The van der Waals surface area contributed by atoms with Gasteiger partial charge in [-0.2, -0.15) is 10.5 Å². The second-order valence-corrected chi connectivity index (χ2v) is 8.94. The van der Waals surface area contributed by atoms with Crippen LogP contribution in [0, 0.1) is 22.0 Å². The predicted octanol–water partition coefficient (Wildman–Crippen LogP) is 5.01. The van der Waals surface area contributed by atoms with E-state index in [2.05, 4.69) is 58.7 Å². The zero-order chi connectivity index (χ0) is 24.5. The molecule has 174 valence electrons. The summed E-state index contributed by atoms with van der Waals surface area (Å²) >= 11 is 1.08. The third-order valence-corrected chi connectivity index (χ3v) is 6.55. The van der Waals surface area contributed by atoms with Crippen LogP contribution in [0.1, 0.15) is 17.2 Å². The number of nitrogens with one attached hydrogen (secondary N) is 1. The predicted molar refractivity (Wildman–Crippen MR) is 138 cm³/mol. The van der Waals surface area contributed by atoms with Gasteiger partial charge in [0.05, 0.1) is 6.04 Å². The molecule has 0 radical (unpaired) electrons. The minimum absolute atomic E-state index is 0.0663. The third-order valence-electron chi connectivity index (χ3n) is 5.95. The maximum atomic E-state index is 13.0. The molecule has 1 amide bonds. The lowest BCUT2D eigenvalue weighted by molar-refractivity contribution is -0.128. The summed E-state index contributed by atoms with van der Waals surface area (Å²) in [6, 6.07) is 30.2. The molecule has 6 nitrogen and oxygen atoms in total. The molecule has 3 aromatic rings. The minimum Gasteiger partial charge on any atom is -0.360 e. The van der Waals surface area contributed by atoms with Crippen LogP contribution in [0.3, 0.4) is 0 Å². The first-order valence-corrected chi connectivity index (χ1v) is 12.2. The molecule has 1 saturated heterocycles. The lowest BCUT2D eigenvalue weighted by atomic mass is 9.96. The van der Waals surface area contributed by atoms with Crippen LogP contribution < -0.4 is 5.32 Å². The molecule has 0 atom stereocenters. The summed E-state index contributed by atoms with van der Waals surface area (Å²) in [6.45, 7) is 2.52. The molecule has 1 aliphatic heterocycles. The zero-order valence-corrected chi connectivity index (χ0v) is 20.0. The summed E-state index contributed by atoms with van der Waals surface area (Å²) in [5, 5.41) is 23.4. The van der Waals surface area contributed by atoms with E-state index in [1.165, 1.54) is 17.3 Å². The highest BCUT2D eigenvalue weighted by molar-refractivity contribution is 8.03. The van der Waals surface area contributed by atoms with E-state index < -0.39 is 0 Å². The van der Waals surface area contributed by atoms with Crippen molar-refractivity contribution >= 4 is 23.4 Å². The van der Waals surface area contributed by atoms with Gasteiger partial charge >= 0.3 is 0 Å². The molecule has 7 heteroatoms. The smallest absolute Gasteiger partial charge is 0.266 e. The Morgan fingerprint density at radius 2 is 1.43 bits per heavy atom. The molecular weight excluding hydrogens is 454 g/mol. The summed E-state index contributed by atoms with van der Waals surface area (Å²) in [6.07, 6.45) is 1.46. The van der Waals surface area contributed by atoms with Crippen LogP contribution in [-0.4, -0.2) is 41.9 Å². The largest absolute Gasteiger partial charge is 0.360 e. The zero-order valence-electron chi connectivity index (χ0n) is 19.2. The molecule has 1 heterocycles. The van der Waals surface area contributed by atoms with E-state index in [1.54, 1.807) is 4.90 Å². The number of carbonyl (C=O) groups is 1. The van der Waals surface area contributed by atoms with E-state index in [9.17, 15) is 10.1 Å². The normalized spacial score (nSPS) is 14.3. The molecule has 0 spiro atoms. The van der Waals surface area contributed by atoms with E-state index in [0.29, 0.717) is 26.2 Å². The first-order valence-electron chi connectivity index (χ1n) is 11.4. The van der Waals surface area contributed by atoms with Gasteiger partial charge in [-0.3, -0.25) is 9.69 Å². The van der Waals surface area contributed by atoms with Crippen LogP contribution in [0.15, 0.2) is 102 Å². The number of hydrogen-bond donors (Lipinski definition) is 1. The molecule has 1 aliphatic rings. The monoisotopic (exact) mass is 479 g/mol. The fourth-order valence-electron chi connectivity index (χ4n) is 4.21. The number of carbonyl (C=O) groups excluding carboxylic acids is 1. The Bertz CT molecular complexity index is 1200. The van der Waals surface area contributed by atoms with Crippen LogP contribution in [0.25, 0.3) is 0 Å². The third kappa shape index (κ3) is 6.10. The Hall–Kier alpha value is -4.04. The Balaban J connectivity index is 1.42. The number of benzene rings is 3. The van der Waals surface area contributed by atoms with Crippen molar-refractivity contribution in [3.05, 3.63) is 108 Å². The summed E-state index contributed by atoms with van der Waals surface area (Å²) in [7, 11) is 0. The van der Waals surface area contributed by atoms with Gasteiger partial charge in [-0.25, -0.2) is 0 Å². The van der Waals surface area contributed by atoms with Crippen molar-refractivity contribution < 1.29 is 4.79 Å². The van der Waals surface area contributed by atoms with Gasteiger partial charge in [0.2, 0.25) is 0 Å². The maximum Gasteiger partial charge on any atom is 0.266 e. The van der Waals surface area contributed by atoms with Gasteiger partial charge in [-0.05, 0) is 47.2 Å². The van der Waals surface area contributed by atoms with E-state index in [0.717, 1.165) is 22.3 Å². The van der Waals surface area contributed by atoms with E-state index >= 15 is 0 Å². The SMILES string of the molecule is N#CSc1ccc(N/C=C(/C#N)C(=O)N2CCN(C(c3ccccc3)c3ccccc3)CC2)cc1. The van der Waals surface area contributed by atoms with Gasteiger partial charge in [0, 0.05) is 43.0 Å². The van der Waals surface area contributed by atoms with Gasteiger partial charge < -0.3 is 10.2 Å². The molecule has 3 aromatic carbocycles. The molecule has 1 N–H and O–H groups in total. The molecule has 0 aliphatic carbocycles. The highest BCUT2D eigenvalue weighted by Crippen LogP contribution is 2.29. The van der Waals surface area contributed by atoms with Crippen molar-refractivity contribution in [2.24, 2.45) is 0 Å². The molecular formula is C28H25N5OS. The number of hydrogen-bond acceptors (Lipinski definition) is 6. The standard InChI is InChI=1S/C28H25N5OS/c29-19-24(20-31-25-11-13-26(14-12-25)35-21-30)28(34)33-17-15-32(16-18-33)27(22-7-3-1-4-8-22)23-9-5-2-6-10-23/h1-14,20,27,31H,15-18H2/b24-20-. The Morgan fingerprint density at radius 1 is 0.857 bits per heavy atom. The van der Waals surface area contributed by atoms with Crippen molar-refractivity contribution in [1.29, 1.82) is 10.5 Å². The van der Waals surface area contributed by atoms with Crippen LogP contribution in [0.2, 0.25) is 0 Å². The second-order valence-electron chi connectivity index (χ2n) is 8.08. The molecule has 1 fully saturated rings. The number of thioether (sulfide) groups is 1. The highest BCUT2D eigenvalue weighted by atomic mass is 32.2. The number of piperazine rings is 1. The van der Waals surface area contributed by atoms with Crippen molar-refractivity contribution in [2.45, 2.75) is 10.9 Å². The first-order chi connectivity index (χ1) is 17.2. The summed E-state index contributed by atoms with van der Waals surface area (Å²) < 4.78 is 0. The van der Waals surface area contributed by atoms with Crippen LogP contribution in [0.5, 0.6) is 0 Å². The number of rotatable bonds is 7. The summed E-state index contributed by atoms with van der Waals surface area (Å²) in [5.41, 5.74) is 3.25. The topological polar surface area (TPSA) is 83.2 Å². The molecule has 0 bridgehead atoms. The Morgan fingerprint density at radius 3 is 1.94 bits per heavy atom. The quantitative estimate of drug-likeness (QED) is 0.222. The Kier molecular flexibility index (Phi) is 8.19. The van der Waals surface area contributed by atoms with Crippen molar-refractivity contribution in [2.75, 3.05) is 31.5 Å². The number of anilines is 1. The molecule has 0 saturated carbocycles. The fourth-order valence-corrected chi connectivity index (χ4v) is 4.59. The van der Waals surface area contributed by atoms with Crippen LogP contribution >= 0.6 is 11.8 Å². The molecule has 35 heavy (non-hydrogen) atoms. The van der Waals surface area contributed by atoms with Crippen molar-refractivity contribution in [3.8, 4) is 11.5 Å². The van der Waals surface area contributed by atoms with Crippen molar-refractivity contribution in [1.82, 2.24) is 9.80 Å². The molecule has 4 rings (SSSR count). The Labute approximate surface area is 210 Å². The van der Waals surface area contributed by atoms with E-state index in [4.69, 9.17) is 5.26 Å². The lowest BCUT2D eigenvalue weighted by Gasteiger charge is -2.39. The van der Waals surface area contributed by atoms with Gasteiger partial charge in [0.25, 0.3) is 5.91 Å². The summed E-state index contributed by atoms with van der Waals surface area (Å²) in [4.78, 5) is 18.0. The van der Waals surface area contributed by atoms with Crippen molar-refractivity contribution in [3.63, 3.8) is 0 Å². The molecule has 0 unspecified atom stereocenters. The second kappa shape index (κ2) is 11.9. The maximum absolute atomic E-state index is 13.0. The minimum atomic E-state index is -0.271. The van der Waals surface area contributed by atoms with Gasteiger partial charge in [0.1, 0.15) is 17.0 Å². The number of thiocyanates is 1. The fraction of sp³-hybridized carbons (Fsp3) is 0.179. The lowest BCUT2D eigenvalue weighted by Crippen LogP contribution is -2.50. The first kappa shape index (κ1) is 24.1. The van der Waals surface area contributed by atoms with E-state index in [1.807, 2.05) is 47.9 Å². The van der Waals surface area contributed by atoms with Gasteiger partial charge in [-0.15, -0.1) is 0 Å². The number of amides is 1. The summed E-state index contributed by atoms with van der Waals surface area (Å²) in [5.74, 6) is -0.271.